The minimum Gasteiger partial charge on any atom is -0.389 e. The van der Waals surface area contributed by atoms with Gasteiger partial charge in [-0.05, 0) is 59.3 Å². The van der Waals surface area contributed by atoms with Crippen LogP contribution in [0.1, 0.15) is 38.4 Å². The summed E-state index contributed by atoms with van der Waals surface area (Å²) in [4.78, 5) is 2.43. The third-order valence-corrected chi connectivity index (χ3v) is 4.09. The van der Waals surface area contributed by atoms with E-state index in [1.165, 1.54) is 18.5 Å². The molecule has 1 fully saturated rings. The lowest BCUT2D eigenvalue weighted by molar-refractivity contribution is 0.199. The molecule has 1 N–H and O–H groups in total. The number of nitrogens with zero attached hydrogens (tertiary/aromatic N) is 1. The highest BCUT2D eigenvalue weighted by Crippen LogP contribution is 2.32. The molecular weight excluding hydrogens is 278 g/mol. The Labute approximate surface area is 112 Å². The van der Waals surface area contributed by atoms with Crippen LogP contribution in [0.5, 0.6) is 0 Å². The molecular formula is C14H20BrNO. The lowest BCUT2D eigenvalue weighted by Crippen LogP contribution is -2.34. The van der Waals surface area contributed by atoms with Crippen LogP contribution in [-0.2, 0) is 0 Å². The molecule has 2 nitrogen and oxygen atoms in total. The van der Waals surface area contributed by atoms with Gasteiger partial charge in [0.25, 0.3) is 0 Å². The van der Waals surface area contributed by atoms with Crippen molar-refractivity contribution in [1.82, 2.24) is 0 Å². The molecule has 1 saturated heterocycles. The van der Waals surface area contributed by atoms with Crippen molar-refractivity contribution < 1.29 is 5.11 Å². The van der Waals surface area contributed by atoms with Crippen LogP contribution in [0.2, 0.25) is 0 Å². The Morgan fingerprint density at radius 3 is 2.82 bits per heavy atom. The highest BCUT2D eigenvalue weighted by Gasteiger charge is 2.18. The summed E-state index contributed by atoms with van der Waals surface area (Å²) in [5.74, 6) is 0.770. The summed E-state index contributed by atoms with van der Waals surface area (Å²) >= 11 is 3.62. The molecule has 1 aromatic carbocycles. The molecule has 2 atom stereocenters. The third kappa shape index (κ3) is 3.02. The van der Waals surface area contributed by atoms with Gasteiger partial charge in [-0.25, -0.2) is 0 Å². The van der Waals surface area contributed by atoms with Crippen molar-refractivity contribution in [3.8, 4) is 0 Å². The predicted molar refractivity (Wildman–Crippen MR) is 75.4 cm³/mol. The van der Waals surface area contributed by atoms with Gasteiger partial charge in [-0.2, -0.15) is 0 Å². The van der Waals surface area contributed by atoms with Crippen molar-refractivity contribution in [1.29, 1.82) is 0 Å². The molecule has 0 aromatic heterocycles. The van der Waals surface area contributed by atoms with Crippen LogP contribution in [0.15, 0.2) is 22.7 Å². The van der Waals surface area contributed by atoms with Gasteiger partial charge >= 0.3 is 0 Å². The number of aliphatic hydroxyl groups is 1. The largest absolute Gasteiger partial charge is 0.389 e. The summed E-state index contributed by atoms with van der Waals surface area (Å²) in [5.41, 5.74) is 2.21. The average Bonchev–Trinajstić information content (AvgIpc) is 2.28. The molecule has 3 heteroatoms. The van der Waals surface area contributed by atoms with Crippen molar-refractivity contribution in [3.63, 3.8) is 0 Å². The SMILES string of the molecule is CC1CCCN(c2ccc([C@@H](C)O)cc2Br)C1. The summed E-state index contributed by atoms with van der Waals surface area (Å²) < 4.78 is 1.09. The second kappa shape index (κ2) is 5.40. The van der Waals surface area contributed by atoms with E-state index in [0.717, 1.165) is 29.0 Å². The molecule has 1 heterocycles. The number of hydrogen-bond acceptors (Lipinski definition) is 2. The molecule has 0 bridgehead atoms. The van der Waals surface area contributed by atoms with Crippen molar-refractivity contribution in [3.05, 3.63) is 28.2 Å². The van der Waals surface area contributed by atoms with Gasteiger partial charge in [0.2, 0.25) is 0 Å². The van der Waals surface area contributed by atoms with Crippen LogP contribution >= 0.6 is 15.9 Å². The van der Waals surface area contributed by atoms with Gasteiger partial charge in [-0.1, -0.05) is 13.0 Å². The fourth-order valence-corrected chi connectivity index (χ4v) is 3.09. The van der Waals surface area contributed by atoms with E-state index < -0.39 is 6.10 Å². The molecule has 1 aliphatic heterocycles. The molecule has 0 aliphatic carbocycles. The van der Waals surface area contributed by atoms with Crippen LogP contribution < -0.4 is 4.90 Å². The minimum absolute atomic E-state index is 0.402. The zero-order valence-electron chi connectivity index (χ0n) is 10.5. The summed E-state index contributed by atoms with van der Waals surface area (Å²) in [6.45, 7) is 6.37. The molecule has 0 spiro atoms. The standard InChI is InChI=1S/C14H20BrNO/c1-10-4-3-7-16(9-10)14-6-5-12(11(2)17)8-13(14)15/h5-6,8,10-11,17H,3-4,7,9H2,1-2H3/t10?,11-/m1/s1. The summed E-state index contributed by atoms with van der Waals surface area (Å²) in [7, 11) is 0. The number of anilines is 1. The van der Waals surface area contributed by atoms with Gasteiger partial charge in [0, 0.05) is 17.6 Å². The maximum absolute atomic E-state index is 9.56. The molecule has 94 valence electrons. The number of hydrogen-bond donors (Lipinski definition) is 1. The van der Waals surface area contributed by atoms with E-state index in [-0.39, 0.29) is 0 Å². The molecule has 1 aliphatic rings. The zero-order valence-corrected chi connectivity index (χ0v) is 12.1. The first-order chi connectivity index (χ1) is 8.08. The van der Waals surface area contributed by atoms with E-state index in [1.54, 1.807) is 6.92 Å². The van der Waals surface area contributed by atoms with Crippen LogP contribution in [-0.4, -0.2) is 18.2 Å². The Morgan fingerprint density at radius 2 is 2.24 bits per heavy atom. The van der Waals surface area contributed by atoms with E-state index in [4.69, 9.17) is 0 Å². The van der Waals surface area contributed by atoms with Gasteiger partial charge in [0.1, 0.15) is 0 Å². The summed E-state index contributed by atoms with van der Waals surface area (Å²) in [6, 6.07) is 6.16. The topological polar surface area (TPSA) is 23.5 Å². The second-order valence-corrected chi connectivity index (χ2v) is 5.93. The summed E-state index contributed by atoms with van der Waals surface area (Å²) in [5, 5.41) is 9.56. The van der Waals surface area contributed by atoms with Crippen LogP contribution in [0, 0.1) is 5.92 Å². The number of rotatable bonds is 2. The van der Waals surface area contributed by atoms with E-state index in [2.05, 4.69) is 33.8 Å². The number of benzene rings is 1. The average molecular weight is 298 g/mol. The lowest BCUT2D eigenvalue weighted by Gasteiger charge is -2.33. The Hall–Kier alpha value is -0.540. The van der Waals surface area contributed by atoms with Crippen LogP contribution in [0.3, 0.4) is 0 Å². The molecule has 1 unspecified atom stereocenters. The van der Waals surface area contributed by atoms with Gasteiger partial charge in [-0.3, -0.25) is 0 Å². The molecule has 0 saturated carbocycles. The molecule has 0 amide bonds. The predicted octanol–water partition coefficient (Wildman–Crippen LogP) is 3.74. The van der Waals surface area contributed by atoms with Crippen LogP contribution in [0.4, 0.5) is 5.69 Å². The quantitative estimate of drug-likeness (QED) is 0.899. The Morgan fingerprint density at radius 1 is 1.47 bits per heavy atom. The van der Waals surface area contributed by atoms with Crippen molar-refractivity contribution >= 4 is 21.6 Å². The third-order valence-electron chi connectivity index (χ3n) is 3.45. The van der Waals surface area contributed by atoms with E-state index in [1.807, 2.05) is 12.1 Å². The minimum atomic E-state index is -0.402. The fourth-order valence-electron chi connectivity index (χ4n) is 2.45. The Bertz CT molecular complexity index is 392. The monoisotopic (exact) mass is 297 g/mol. The summed E-state index contributed by atoms with van der Waals surface area (Å²) in [6.07, 6.45) is 2.20. The van der Waals surface area contributed by atoms with Gasteiger partial charge in [0.15, 0.2) is 0 Å². The molecule has 1 aromatic rings. The fraction of sp³-hybridized carbons (Fsp3) is 0.571. The van der Waals surface area contributed by atoms with E-state index in [0.29, 0.717) is 0 Å². The van der Waals surface area contributed by atoms with Crippen molar-refractivity contribution in [2.45, 2.75) is 32.8 Å². The lowest BCUT2D eigenvalue weighted by atomic mass is 9.99. The highest BCUT2D eigenvalue weighted by atomic mass is 79.9. The highest BCUT2D eigenvalue weighted by molar-refractivity contribution is 9.10. The van der Waals surface area contributed by atoms with Gasteiger partial charge in [-0.15, -0.1) is 0 Å². The maximum Gasteiger partial charge on any atom is 0.0762 e. The maximum atomic E-state index is 9.56. The normalized spacial score (nSPS) is 22.6. The first kappa shape index (κ1) is 12.9. The van der Waals surface area contributed by atoms with Crippen molar-refractivity contribution in [2.24, 2.45) is 5.92 Å². The van der Waals surface area contributed by atoms with Gasteiger partial charge < -0.3 is 10.0 Å². The number of piperidine rings is 1. The smallest absolute Gasteiger partial charge is 0.0762 e. The number of aliphatic hydroxyl groups excluding tert-OH is 1. The molecule has 2 rings (SSSR count). The van der Waals surface area contributed by atoms with Gasteiger partial charge in [0.05, 0.1) is 11.8 Å². The zero-order chi connectivity index (χ0) is 12.4. The van der Waals surface area contributed by atoms with E-state index in [9.17, 15) is 5.11 Å². The first-order valence-corrected chi connectivity index (χ1v) is 7.09. The van der Waals surface area contributed by atoms with Crippen molar-refractivity contribution in [2.75, 3.05) is 18.0 Å². The Balaban J connectivity index is 2.21. The van der Waals surface area contributed by atoms with E-state index >= 15 is 0 Å². The second-order valence-electron chi connectivity index (χ2n) is 5.08. The van der Waals surface area contributed by atoms with Crippen LogP contribution in [0.25, 0.3) is 0 Å². The molecule has 0 radical (unpaired) electrons. The first-order valence-electron chi connectivity index (χ1n) is 6.30. The number of halogens is 1. The Kier molecular flexibility index (Phi) is 4.10. The molecule has 17 heavy (non-hydrogen) atoms.